The fourth-order valence-corrected chi connectivity index (χ4v) is 4.62. The van der Waals surface area contributed by atoms with Crippen LogP contribution in [0.2, 0.25) is 0 Å². The highest BCUT2D eigenvalue weighted by Crippen LogP contribution is 2.30. The molecule has 0 bridgehead atoms. The first kappa shape index (κ1) is 17.4. The van der Waals surface area contributed by atoms with Gasteiger partial charge in [0.2, 0.25) is 5.91 Å². The number of aromatic nitrogens is 2. The Morgan fingerprint density at radius 2 is 2.25 bits per heavy atom. The Hall–Kier alpha value is -1.44. The minimum Gasteiger partial charge on any atom is -0.387 e. The lowest BCUT2D eigenvalue weighted by atomic mass is 9.89. The van der Waals surface area contributed by atoms with E-state index in [0.717, 1.165) is 28.6 Å². The van der Waals surface area contributed by atoms with Gasteiger partial charge in [-0.1, -0.05) is 17.8 Å². The van der Waals surface area contributed by atoms with Crippen LogP contribution in [0.4, 0.5) is 0 Å². The van der Waals surface area contributed by atoms with Crippen molar-refractivity contribution in [2.24, 2.45) is 5.92 Å². The number of aryl methyl sites for hydroxylation is 1. The van der Waals surface area contributed by atoms with Crippen molar-refractivity contribution in [2.45, 2.75) is 30.2 Å². The molecule has 0 spiro atoms. The van der Waals surface area contributed by atoms with E-state index in [4.69, 9.17) is 0 Å². The number of carbonyl (C=O) groups is 1. The van der Waals surface area contributed by atoms with Crippen LogP contribution in [-0.4, -0.2) is 44.7 Å². The summed E-state index contributed by atoms with van der Waals surface area (Å²) in [6, 6.07) is 5.59. The van der Waals surface area contributed by atoms with Crippen molar-refractivity contribution >= 4 is 29.0 Å². The van der Waals surface area contributed by atoms with E-state index in [0.29, 0.717) is 18.8 Å². The molecule has 3 heterocycles. The number of aliphatic hydroxyl groups excluding tert-OH is 1. The number of nitrogens with zero attached hydrogens (tertiary/aromatic N) is 3. The molecule has 1 saturated heterocycles. The second kappa shape index (κ2) is 8.09. The molecule has 3 rings (SSSR count). The number of thioether (sulfide) groups is 1. The Kier molecular flexibility index (Phi) is 5.86. The quantitative estimate of drug-likeness (QED) is 0.828. The smallest absolute Gasteiger partial charge is 0.233 e. The van der Waals surface area contributed by atoms with E-state index >= 15 is 0 Å². The lowest BCUT2D eigenvalue weighted by molar-refractivity contribution is -0.130. The van der Waals surface area contributed by atoms with Gasteiger partial charge in [-0.15, -0.1) is 11.3 Å². The Morgan fingerprint density at radius 3 is 2.88 bits per heavy atom. The fourth-order valence-electron chi connectivity index (χ4n) is 2.87. The summed E-state index contributed by atoms with van der Waals surface area (Å²) in [6.45, 7) is 3.36. The van der Waals surface area contributed by atoms with Crippen molar-refractivity contribution in [3.05, 3.63) is 41.2 Å². The van der Waals surface area contributed by atoms with Crippen molar-refractivity contribution in [3.8, 4) is 0 Å². The van der Waals surface area contributed by atoms with Gasteiger partial charge in [0.1, 0.15) is 0 Å². The van der Waals surface area contributed by atoms with Crippen molar-refractivity contribution in [2.75, 3.05) is 18.8 Å². The number of pyridine rings is 1. The molecule has 1 amide bonds. The zero-order chi connectivity index (χ0) is 16.9. The SMILES string of the molecule is Cc1csc(SCC(=O)N2CCC(C(O)c3ccccn3)CC2)n1. The number of hydrogen-bond acceptors (Lipinski definition) is 6. The van der Waals surface area contributed by atoms with Crippen molar-refractivity contribution < 1.29 is 9.90 Å². The maximum Gasteiger partial charge on any atom is 0.233 e. The molecule has 1 aliphatic heterocycles. The summed E-state index contributed by atoms with van der Waals surface area (Å²) >= 11 is 3.09. The molecule has 0 saturated carbocycles. The summed E-state index contributed by atoms with van der Waals surface area (Å²) in [5.74, 6) is 0.747. The Balaban J connectivity index is 1.47. The summed E-state index contributed by atoms with van der Waals surface area (Å²) in [4.78, 5) is 22.8. The van der Waals surface area contributed by atoms with Crippen molar-refractivity contribution in [1.29, 1.82) is 0 Å². The third kappa shape index (κ3) is 4.34. The van der Waals surface area contributed by atoms with Gasteiger partial charge >= 0.3 is 0 Å². The van der Waals surface area contributed by atoms with Crippen LogP contribution in [0.1, 0.15) is 30.3 Å². The molecule has 1 N–H and O–H groups in total. The molecular formula is C17H21N3O2S2. The Morgan fingerprint density at radius 1 is 1.46 bits per heavy atom. The van der Waals surface area contributed by atoms with Gasteiger partial charge in [0.25, 0.3) is 0 Å². The average Bonchev–Trinajstić information content (AvgIpc) is 3.05. The summed E-state index contributed by atoms with van der Waals surface area (Å²) in [7, 11) is 0. The van der Waals surface area contributed by atoms with E-state index in [2.05, 4.69) is 9.97 Å². The van der Waals surface area contributed by atoms with E-state index in [1.54, 1.807) is 17.5 Å². The molecule has 0 aromatic carbocycles. The van der Waals surface area contributed by atoms with Gasteiger partial charge in [-0.05, 0) is 37.8 Å². The topological polar surface area (TPSA) is 66.3 Å². The molecule has 24 heavy (non-hydrogen) atoms. The average molecular weight is 364 g/mol. The number of rotatable bonds is 5. The van der Waals surface area contributed by atoms with Crippen molar-refractivity contribution in [1.82, 2.24) is 14.9 Å². The molecule has 2 aromatic heterocycles. The molecule has 1 fully saturated rings. The van der Waals surface area contributed by atoms with Gasteiger partial charge in [-0.3, -0.25) is 9.78 Å². The van der Waals surface area contributed by atoms with Gasteiger partial charge in [0.15, 0.2) is 4.34 Å². The lowest BCUT2D eigenvalue weighted by Gasteiger charge is -2.34. The number of carbonyl (C=O) groups excluding carboxylic acids is 1. The first-order valence-corrected chi connectivity index (χ1v) is 9.91. The minimum absolute atomic E-state index is 0.152. The predicted octanol–water partition coefficient (Wildman–Crippen LogP) is 2.91. The van der Waals surface area contributed by atoms with E-state index in [9.17, 15) is 9.90 Å². The molecular weight excluding hydrogens is 342 g/mol. The number of hydrogen-bond donors (Lipinski definition) is 1. The zero-order valence-corrected chi connectivity index (χ0v) is 15.2. The van der Waals surface area contributed by atoms with Gasteiger partial charge in [-0.2, -0.15) is 0 Å². The first-order chi connectivity index (χ1) is 11.6. The highest BCUT2D eigenvalue weighted by Gasteiger charge is 2.28. The third-order valence-electron chi connectivity index (χ3n) is 4.25. The molecule has 1 aliphatic rings. The summed E-state index contributed by atoms with van der Waals surface area (Å²) in [5, 5.41) is 12.4. The third-order valence-corrected chi connectivity index (χ3v) is 6.37. The highest BCUT2D eigenvalue weighted by molar-refractivity contribution is 8.01. The molecule has 2 aromatic rings. The monoisotopic (exact) mass is 363 g/mol. The predicted molar refractivity (Wildman–Crippen MR) is 96.1 cm³/mol. The van der Waals surface area contributed by atoms with Crippen LogP contribution in [0, 0.1) is 12.8 Å². The summed E-state index contributed by atoms with van der Waals surface area (Å²) in [6.07, 6.45) is 2.78. The second-order valence-electron chi connectivity index (χ2n) is 5.96. The number of aliphatic hydroxyl groups is 1. The Labute approximate surface area is 150 Å². The fraction of sp³-hybridized carbons (Fsp3) is 0.471. The normalized spacial score (nSPS) is 17.0. The largest absolute Gasteiger partial charge is 0.387 e. The number of piperidine rings is 1. The number of amides is 1. The lowest BCUT2D eigenvalue weighted by Crippen LogP contribution is -2.40. The van der Waals surface area contributed by atoms with Gasteiger partial charge < -0.3 is 10.0 Å². The van der Waals surface area contributed by atoms with Gasteiger partial charge in [0, 0.05) is 30.4 Å². The van der Waals surface area contributed by atoms with E-state index in [-0.39, 0.29) is 11.8 Å². The van der Waals surface area contributed by atoms with Crippen molar-refractivity contribution in [3.63, 3.8) is 0 Å². The van der Waals surface area contributed by atoms with E-state index in [1.165, 1.54) is 11.8 Å². The maximum absolute atomic E-state index is 12.3. The first-order valence-electron chi connectivity index (χ1n) is 8.05. The minimum atomic E-state index is -0.545. The van der Waals surface area contributed by atoms with E-state index in [1.807, 2.05) is 35.4 Å². The van der Waals surface area contributed by atoms with Gasteiger partial charge in [0.05, 0.1) is 17.6 Å². The van der Waals surface area contributed by atoms with Crippen LogP contribution < -0.4 is 0 Å². The molecule has 128 valence electrons. The summed E-state index contributed by atoms with van der Waals surface area (Å²) in [5.41, 5.74) is 1.72. The Bertz CT molecular complexity index is 669. The zero-order valence-electron chi connectivity index (χ0n) is 13.6. The van der Waals surface area contributed by atoms with Crippen LogP contribution >= 0.6 is 23.1 Å². The molecule has 1 atom stereocenters. The van der Waals surface area contributed by atoms with Crippen LogP contribution in [-0.2, 0) is 4.79 Å². The summed E-state index contributed by atoms with van der Waals surface area (Å²) < 4.78 is 0.946. The van der Waals surface area contributed by atoms with Crippen LogP contribution in [0.3, 0.4) is 0 Å². The molecule has 0 radical (unpaired) electrons. The highest BCUT2D eigenvalue weighted by atomic mass is 32.2. The molecule has 1 unspecified atom stereocenters. The molecule has 0 aliphatic carbocycles. The standard InChI is InChI=1S/C17H21N3O2S2/c1-12-10-23-17(19-12)24-11-15(21)20-8-5-13(6-9-20)16(22)14-4-2-3-7-18-14/h2-4,7,10,13,16,22H,5-6,8-9,11H2,1H3. The molecule has 5 nitrogen and oxygen atoms in total. The van der Waals surface area contributed by atoms with Gasteiger partial charge in [-0.25, -0.2) is 4.98 Å². The number of thiazole rings is 1. The second-order valence-corrected chi connectivity index (χ2v) is 8.04. The maximum atomic E-state index is 12.3. The van der Waals surface area contributed by atoms with Crippen LogP contribution in [0.15, 0.2) is 34.1 Å². The van der Waals surface area contributed by atoms with Crippen LogP contribution in [0.25, 0.3) is 0 Å². The van der Waals surface area contributed by atoms with E-state index < -0.39 is 6.10 Å². The molecule has 7 heteroatoms. The van der Waals surface area contributed by atoms with Crippen LogP contribution in [0.5, 0.6) is 0 Å². The number of likely N-dealkylation sites (tertiary alicyclic amines) is 1.